The van der Waals surface area contributed by atoms with Crippen molar-refractivity contribution in [1.29, 1.82) is 0 Å². The molecule has 4 heterocycles. The van der Waals surface area contributed by atoms with Crippen molar-refractivity contribution in [3.05, 3.63) is 65.6 Å². The minimum Gasteiger partial charge on any atom is -0.354 e. The summed E-state index contributed by atoms with van der Waals surface area (Å²) in [6.07, 6.45) is 2.38. The Morgan fingerprint density at radius 2 is 2.07 bits per heavy atom. The Hall–Kier alpha value is -2.87. The predicted octanol–water partition coefficient (Wildman–Crippen LogP) is 5.47. The number of benzene rings is 1. The Labute approximate surface area is 163 Å². The van der Waals surface area contributed by atoms with Gasteiger partial charge >= 0.3 is 5.92 Å². The number of aromatic nitrogens is 3. The molecule has 0 N–H and O–H groups in total. The maximum atomic E-state index is 15.3. The van der Waals surface area contributed by atoms with E-state index in [1.54, 1.807) is 36.5 Å². The van der Waals surface area contributed by atoms with E-state index in [-0.39, 0.29) is 21.9 Å². The van der Waals surface area contributed by atoms with E-state index in [4.69, 9.17) is 4.52 Å². The zero-order chi connectivity index (χ0) is 19.3. The lowest BCUT2D eigenvalue weighted by Crippen LogP contribution is -2.16. The van der Waals surface area contributed by atoms with Gasteiger partial charge in [0.15, 0.2) is 11.3 Å². The van der Waals surface area contributed by atoms with Gasteiger partial charge in [-0.25, -0.2) is 9.38 Å². The molecular formula is C20H14F2N4OS. The molecule has 0 bridgehead atoms. The van der Waals surface area contributed by atoms with Crippen molar-refractivity contribution in [3.8, 4) is 0 Å². The Morgan fingerprint density at radius 1 is 1.18 bits per heavy atom. The molecule has 0 spiro atoms. The first kappa shape index (κ1) is 17.2. The van der Waals surface area contributed by atoms with Crippen molar-refractivity contribution in [2.24, 2.45) is 4.40 Å². The van der Waals surface area contributed by atoms with Gasteiger partial charge in [0, 0.05) is 29.3 Å². The third-order valence-corrected chi connectivity index (χ3v) is 5.83. The summed E-state index contributed by atoms with van der Waals surface area (Å²) in [6.45, 7) is 1.94. The SMILES string of the molecule is CC1=NSC(c2ccc3onc(C(F)(F)c4ccc5ncccc5c4)c3n2)C1. The average Bonchev–Trinajstić information content (AvgIpc) is 3.33. The number of rotatable bonds is 3. The first-order valence-electron chi connectivity index (χ1n) is 8.71. The van der Waals surface area contributed by atoms with Crippen LogP contribution in [0.5, 0.6) is 0 Å². The van der Waals surface area contributed by atoms with Crippen molar-refractivity contribution in [1.82, 2.24) is 15.1 Å². The summed E-state index contributed by atoms with van der Waals surface area (Å²) in [4.78, 5) is 8.64. The number of hydrogen-bond acceptors (Lipinski definition) is 6. The van der Waals surface area contributed by atoms with Crippen molar-refractivity contribution < 1.29 is 13.3 Å². The number of fused-ring (bicyclic) bond motifs is 2. The van der Waals surface area contributed by atoms with E-state index < -0.39 is 11.6 Å². The topological polar surface area (TPSA) is 64.2 Å². The minimum absolute atomic E-state index is 0.0208. The van der Waals surface area contributed by atoms with Gasteiger partial charge in [-0.2, -0.15) is 8.78 Å². The second kappa shape index (κ2) is 6.34. The maximum Gasteiger partial charge on any atom is 0.320 e. The van der Waals surface area contributed by atoms with Crippen LogP contribution >= 0.6 is 11.9 Å². The van der Waals surface area contributed by atoms with Crippen LogP contribution in [0.15, 0.2) is 57.6 Å². The van der Waals surface area contributed by atoms with Gasteiger partial charge in [-0.05, 0) is 49.2 Å². The fraction of sp³-hybridized carbons (Fsp3) is 0.200. The van der Waals surface area contributed by atoms with Crippen LogP contribution in [0.25, 0.3) is 22.0 Å². The standard InChI is InChI=1S/C20H14F2N4OS/c1-11-9-17(28-26-11)15-6-7-16-18(24-15)19(25-27-16)20(21,22)13-4-5-14-12(10-13)3-2-8-23-14/h2-8,10,17H,9H2,1H3. The van der Waals surface area contributed by atoms with Crippen LogP contribution in [-0.4, -0.2) is 20.8 Å². The van der Waals surface area contributed by atoms with Gasteiger partial charge in [0.1, 0.15) is 5.52 Å². The van der Waals surface area contributed by atoms with Crippen molar-refractivity contribution in [2.75, 3.05) is 0 Å². The van der Waals surface area contributed by atoms with Crippen LogP contribution in [0.1, 0.15) is 35.5 Å². The molecule has 1 unspecified atom stereocenters. The van der Waals surface area contributed by atoms with Crippen LogP contribution < -0.4 is 0 Å². The molecule has 1 aromatic carbocycles. The summed E-state index contributed by atoms with van der Waals surface area (Å²) >= 11 is 1.41. The fourth-order valence-electron chi connectivity index (χ4n) is 3.29. The molecule has 5 rings (SSSR count). The lowest BCUT2D eigenvalue weighted by atomic mass is 10.0. The van der Waals surface area contributed by atoms with Gasteiger partial charge < -0.3 is 4.52 Å². The van der Waals surface area contributed by atoms with Crippen LogP contribution in [0.3, 0.4) is 0 Å². The lowest BCUT2D eigenvalue weighted by molar-refractivity contribution is 0.0361. The Bertz CT molecular complexity index is 1240. The number of halogens is 2. The summed E-state index contributed by atoms with van der Waals surface area (Å²) in [6, 6.07) is 11.3. The van der Waals surface area contributed by atoms with E-state index in [9.17, 15) is 0 Å². The smallest absolute Gasteiger partial charge is 0.320 e. The van der Waals surface area contributed by atoms with Crippen LogP contribution in [0.4, 0.5) is 8.78 Å². The van der Waals surface area contributed by atoms with Gasteiger partial charge in [0.2, 0.25) is 0 Å². The highest BCUT2D eigenvalue weighted by atomic mass is 32.2. The molecule has 3 aromatic heterocycles. The largest absolute Gasteiger partial charge is 0.354 e. The third kappa shape index (κ3) is 2.75. The van der Waals surface area contributed by atoms with E-state index in [2.05, 4.69) is 19.5 Å². The van der Waals surface area contributed by atoms with E-state index in [1.165, 1.54) is 24.1 Å². The van der Waals surface area contributed by atoms with E-state index >= 15 is 8.78 Å². The van der Waals surface area contributed by atoms with Crippen LogP contribution in [0, 0.1) is 0 Å². The van der Waals surface area contributed by atoms with E-state index in [0.717, 1.165) is 12.1 Å². The molecule has 0 fully saturated rings. The molecule has 1 atom stereocenters. The quantitative estimate of drug-likeness (QED) is 0.430. The lowest BCUT2D eigenvalue weighted by Gasteiger charge is -2.15. The van der Waals surface area contributed by atoms with Crippen molar-refractivity contribution >= 4 is 39.7 Å². The van der Waals surface area contributed by atoms with Gasteiger partial charge in [-0.1, -0.05) is 17.3 Å². The monoisotopic (exact) mass is 396 g/mol. The van der Waals surface area contributed by atoms with Gasteiger partial charge in [0.25, 0.3) is 0 Å². The third-order valence-electron chi connectivity index (χ3n) is 4.75. The predicted molar refractivity (Wildman–Crippen MR) is 105 cm³/mol. The zero-order valence-corrected chi connectivity index (χ0v) is 15.6. The van der Waals surface area contributed by atoms with Crippen molar-refractivity contribution in [2.45, 2.75) is 24.5 Å². The highest BCUT2D eigenvalue weighted by molar-refractivity contribution is 7.98. The van der Waals surface area contributed by atoms with Gasteiger partial charge in [-0.15, -0.1) is 0 Å². The van der Waals surface area contributed by atoms with Crippen LogP contribution in [-0.2, 0) is 5.92 Å². The highest BCUT2D eigenvalue weighted by Crippen LogP contribution is 2.41. The number of hydrogen-bond donors (Lipinski definition) is 0. The molecule has 0 saturated carbocycles. The van der Waals surface area contributed by atoms with Gasteiger partial charge in [0.05, 0.1) is 16.5 Å². The summed E-state index contributed by atoms with van der Waals surface area (Å²) in [5.74, 6) is -3.35. The summed E-state index contributed by atoms with van der Waals surface area (Å²) in [7, 11) is 0. The molecule has 0 aliphatic carbocycles. The summed E-state index contributed by atoms with van der Waals surface area (Å²) < 4.78 is 40.1. The van der Waals surface area contributed by atoms with E-state index in [0.29, 0.717) is 16.6 Å². The van der Waals surface area contributed by atoms with Crippen LogP contribution in [0.2, 0.25) is 0 Å². The Kier molecular flexibility index (Phi) is 3.90. The zero-order valence-electron chi connectivity index (χ0n) is 14.8. The molecule has 1 aliphatic rings. The Balaban J connectivity index is 1.60. The molecule has 8 heteroatoms. The average molecular weight is 396 g/mol. The molecule has 0 radical (unpaired) electrons. The minimum atomic E-state index is -3.35. The number of alkyl halides is 2. The second-order valence-electron chi connectivity index (χ2n) is 6.72. The number of nitrogens with zero attached hydrogens (tertiary/aromatic N) is 4. The van der Waals surface area contributed by atoms with Gasteiger partial charge in [-0.3, -0.25) is 4.98 Å². The molecule has 140 valence electrons. The molecule has 0 amide bonds. The Morgan fingerprint density at radius 3 is 2.89 bits per heavy atom. The molecule has 28 heavy (non-hydrogen) atoms. The first-order valence-corrected chi connectivity index (χ1v) is 9.55. The maximum absolute atomic E-state index is 15.3. The highest BCUT2D eigenvalue weighted by Gasteiger charge is 2.40. The molecule has 4 aromatic rings. The van der Waals surface area contributed by atoms with E-state index in [1.807, 2.05) is 6.92 Å². The fourth-order valence-corrected chi connectivity index (χ4v) is 4.23. The normalized spacial score (nSPS) is 17.4. The summed E-state index contributed by atoms with van der Waals surface area (Å²) in [5.41, 5.74) is 2.03. The first-order chi connectivity index (χ1) is 13.5. The molecule has 0 saturated heterocycles. The molecule has 5 nitrogen and oxygen atoms in total. The molecule has 1 aliphatic heterocycles. The molecular weight excluding hydrogens is 382 g/mol. The summed E-state index contributed by atoms with van der Waals surface area (Å²) in [5, 5.41) is 4.32. The van der Waals surface area contributed by atoms with Crippen molar-refractivity contribution in [3.63, 3.8) is 0 Å². The number of pyridine rings is 2. The second-order valence-corrected chi connectivity index (χ2v) is 7.69.